The third kappa shape index (κ3) is 1.85. The maximum Gasteiger partial charge on any atom is 0.326 e. The number of pyridine rings is 1. The molecule has 1 aliphatic rings. The van der Waals surface area contributed by atoms with Crippen molar-refractivity contribution in [3.8, 4) is 0 Å². The highest BCUT2D eigenvalue weighted by Crippen LogP contribution is 2.32. The van der Waals surface area contributed by atoms with E-state index < -0.39 is 12.0 Å². The van der Waals surface area contributed by atoms with E-state index in [1.807, 2.05) is 11.8 Å². The van der Waals surface area contributed by atoms with Gasteiger partial charge in [0.25, 0.3) is 0 Å². The van der Waals surface area contributed by atoms with Gasteiger partial charge in [-0.25, -0.2) is 4.79 Å². The van der Waals surface area contributed by atoms with Crippen molar-refractivity contribution in [1.29, 1.82) is 0 Å². The van der Waals surface area contributed by atoms with Gasteiger partial charge in [-0.2, -0.15) is 0 Å². The molecule has 2 rings (SSSR count). The second-order valence-corrected chi connectivity index (χ2v) is 4.30. The number of aromatic nitrogens is 1. The largest absolute Gasteiger partial charge is 0.480 e. The molecule has 5 heteroatoms. The quantitative estimate of drug-likeness (QED) is 0.860. The zero-order chi connectivity index (χ0) is 11.7. The Morgan fingerprint density at radius 2 is 2.44 bits per heavy atom. The number of aliphatic carboxylic acids is 1. The molecule has 2 heterocycles. The van der Waals surface area contributed by atoms with E-state index in [-0.39, 0.29) is 0 Å². The number of nitrogens with zero attached hydrogens (tertiary/aromatic N) is 2. The van der Waals surface area contributed by atoms with E-state index in [1.165, 1.54) is 0 Å². The Labute approximate surface area is 98.9 Å². The van der Waals surface area contributed by atoms with Crippen LogP contribution in [-0.4, -0.2) is 28.6 Å². The molecule has 0 aliphatic carbocycles. The molecule has 1 saturated heterocycles. The third-order valence-corrected chi connectivity index (χ3v) is 3.36. The Hall–Kier alpha value is -1.29. The second-order valence-electron chi connectivity index (χ2n) is 3.92. The van der Waals surface area contributed by atoms with E-state index in [4.69, 9.17) is 16.7 Å². The summed E-state index contributed by atoms with van der Waals surface area (Å²) >= 11 is 6.15. The van der Waals surface area contributed by atoms with Crippen molar-refractivity contribution in [3.63, 3.8) is 0 Å². The normalized spacial score (nSPS) is 20.1. The lowest BCUT2D eigenvalue weighted by Crippen LogP contribution is -2.36. The summed E-state index contributed by atoms with van der Waals surface area (Å²) in [6, 6.07) is 1.32. The number of hydrogen-bond donors (Lipinski definition) is 1. The van der Waals surface area contributed by atoms with Crippen LogP contribution in [0, 0.1) is 6.92 Å². The summed E-state index contributed by atoms with van der Waals surface area (Å²) in [4.78, 5) is 17.0. The topological polar surface area (TPSA) is 53.4 Å². The van der Waals surface area contributed by atoms with Crippen LogP contribution in [0.3, 0.4) is 0 Å². The number of halogens is 1. The smallest absolute Gasteiger partial charge is 0.326 e. The van der Waals surface area contributed by atoms with Crippen molar-refractivity contribution in [3.05, 3.63) is 23.0 Å². The first-order valence-electron chi connectivity index (χ1n) is 5.22. The highest BCUT2D eigenvalue weighted by Gasteiger charge is 2.31. The highest BCUT2D eigenvalue weighted by atomic mass is 35.5. The van der Waals surface area contributed by atoms with Gasteiger partial charge in [0.1, 0.15) is 6.04 Å². The molecule has 0 bridgehead atoms. The van der Waals surface area contributed by atoms with E-state index in [1.54, 1.807) is 12.3 Å². The molecule has 1 fully saturated rings. The Morgan fingerprint density at radius 1 is 1.69 bits per heavy atom. The molecule has 1 aromatic heterocycles. The minimum atomic E-state index is -0.789. The van der Waals surface area contributed by atoms with Crippen LogP contribution in [0.4, 0.5) is 5.69 Å². The zero-order valence-electron chi connectivity index (χ0n) is 8.98. The number of anilines is 1. The van der Waals surface area contributed by atoms with Gasteiger partial charge in [0.2, 0.25) is 0 Å². The van der Waals surface area contributed by atoms with Crippen LogP contribution >= 0.6 is 11.6 Å². The lowest BCUT2D eigenvalue weighted by molar-refractivity contribution is -0.138. The molecule has 0 unspecified atom stereocenters. The minimum absolute atomic E-state index is 0.459. The fourth-order valence-electron chi connectivity index (χ4n) is 2.07. The fourth-order valence-corrected chi connectivity index (χ4v) is 2.29. The van der Waals surface area contributed by atoms with Crippen molar-refractivity contribution in [2.24, 2.45) is 0 Å². The van der Waals surface area contributed by atoms with Crippen molar-refractivity contribution in [1.82, 2.24) is 4.98 Å². The molecule has 0 spiro atoms. The molecule has 86 valence electrons. The fraction of sp³-hybridized carbons (Fsp3) is 0.455. The van der Waals surface area contributed by atoms with Crippen LogP contribution in [0.25, 0.3) is 0 Å². The number of rotatable bonds is 2. The predicted molar refractivity (Wildman–Crippen MR) is 62.0 cm³/mol. The van der Waals surface area contributed by atoms with Crippen molar-refractivity contribution < 1.29 is 9.90 Å². The molecule has 1 N–H and O–H groups in total. The number of hydrogen-bond acceptors (Lipinski definition) is 3. The highest BCUT2D eigenvalue weighted by molar-refractivity contribution is 6.33. The van der Waals surface area contributed by atoms with E-state index in [0.717, 1.165) is 24.3 Å². The Kier molecular flexibility index (Phi) is 3.01. The monoisotopic (exact) mass is 240 g/mol. The van der Waals surface area contributed by atoms with Crippen molar-refractivity contribution in [2.75, 3.05) is 11.4 Å². The molecule has 0 saturated carbocycles. The van der Waals surface area contributed by atoms with E-state index in [2.05, 4.69) is 4.98 Å². The average molecular weight is 241 g/mol. The van der Waals surface area contributed by atoms with Crippen LogP contribution in [0.1, 0.15) is 18.5 Å². The summed E-state index contributed by atoms with van der Waals surface area (Å²) in [7, 11) is 0. The maximum absolute atomic E-state index is 11.1. The van der Waals surface area contributed by atoms with Crippen LogP contribution in [0.5, 0.6) is 0 Å². The summed E-state index contributed by atoms with van der Waals surface area (Å²) in [6.07, 6.45) is 3.22. The first-order valence-corrected chi connectivity index (χ1v) is 5.59. The van der Waals surface area contributed by atoms with Crippen LogP contribution in [-0.2, 0) is 4.79 Å². The molecule has 1 aromatic rings. The molecule has 1 aliphatic heterocycles. The van der Waals surface area contributed by atoms with Gasteiger partial charge in [0.15, 0.2) is 0 Å². The van der Waals surface area contributed by atoms with Gasteiger partial charge < -0.3 is 10.0 Å². The maximum atomic E-state index is 11.1. The van der Waals surface area contributed by atoms with Crippen molar-refractivity contribution in [2.45, 2.75) is 25.8 Å². The summed E-state index contributed by atoms with van der Waals surface area (Å²) in [6.45, 7) is 2.55. The molecule has 1 atom stereocenters. The predicted octanol–water partition coefficient (Wildman–Crippen LogP) is 2.10. The van der Waals surface area contributed by atoms with Gasteiger partial charge in [-0.05, 0) is 25.8 Å². The lowest BCUT2D eigenvalue weighted by Gasteiger charge is -2.24. The molecule has 0 aromatic carbocycles. The van der Waals surface area contributed by atoms with Gasteiger partial charge in [-0.3, -0.25) is 4.98 Å². The summed E-state index contributed by atoms with van der Waals surface area (Å²) in [5.41, 5.74) is 1.51. The minimum Gasteiger partial charge on any atom is -0.480 e. The molecule has 4 nitrogen and oxygen atoms in total. The van der Waals surface area contributed by atoms with Crippen molar-refractivity contribution >= 4 is 23.3 Å². The van der Waals surface area contributed by atoms with Gasteiger partial charge in [0, 0.05) is 12.7 Å². The number of carboxylic acids is 1. The van der Waals surface area contributed by atoms with Crippen LogP contribution in [0.15, 0.2) is 12.3 Å². The van der Waals surface area contributed by atoms with Gasteiger partial charge in [-0.1, -0.05) is 11.6 Å². The molecule has 16 heavy (non-hydrogen) atoms. The van der Waals surface area contributed by atoms with Gasteiger partial charge >= 0.3 is 5.97 Å². The molecular weight excluding hydrogens is 228 g/mol. The third-order valence-electron chi connectivity index (χ3n) is 2.89. The van der Waals surface area contributed by atoms with Gasteiger partial charge in [0.05, 0.1) is 16.4 Å². The van der Waals surface area contributed by atoms with Crippen LogP contribution in [0.2, 0.25) is 5.02 Å². The van der Waals surface area contributed by atoms with E-state index in [9.17, 15) is 4.79 Å². The number of aryl methyl sites for hydroxylation is 1. The SMILES string of the molecule is Cc1nccc(N2CCC[C@H]2C(=O)O)c1Cl. The van der Waals surface area contributed by atoms with Crippen LogP contribution < -0.4 is 4.90 Å². The van der Waals surface area contributed by atoms with Gasteiger partial charge in [-0.15, -0.1) is 0 Å². The van der Waals surface area contributed by atoms with E-state index in [0.29, 0.717) is 11.4 Å². The zero-order valence-corrected chi connectivity index (χ0v) is 9.74. The molecule has 0 radical (unpaired) electrons. The second kappa shape index (κ2) is 4.29. The lowest BCUT2D eigenvalue weighted by atomic mass is 10.2. The standard InChI is InChI=1S/C11H13ClN2O2/c1-7-10(12)8(4-5-13-7)14-6-2-3-9(14)11(15)16/h4-5,9H,2-3,6H2,1H3,(H,15,16)/t9-/m0/s1. The Balaban J connectivity index is 2.36. The first kappa shape index (κ1) is 11.2. The summed E-state index contributed by atoms with van der Waals surface area (Å²) in [5.74, 6) is -0.789. The van der Waals surface area contributed by atoms with E-state index >= 15 is 0 Å². The molecular formula is C11H13ClN2O2. The number of carbonyl (C=O) groups is 1. The summed E-state index contributed by atoms with van der Waals surface area (Å²) in [5, 5.41) is 9.66. The Bertz CT molecular complexity index is 422. The first-order chi connectivity index (χ1) is 7.61. The Morgan fingerprint density at radius 3 is 3.12 bits per heavy atom. The summed E-state index contributed by atoms with van der Waals surface area (Å²) < 4.78 is 0. The molecule has 0 amide bonds. The average Bonchev–Trinajstić information content (AvgIpc) is 2.70. The number of carboxylic acid groups (broad SMARTS) is 1.